The van der Waals surface area contributed by atoms with E-state index in [2.05, 4.69) is 16.0 Å². The fourth-order valence-electron chi connectivity index (χ4n) is 4.76. The van der Waals surface area contributed by atoms with E-state index in [-0.39, 0.29) is 23.4 Å². The number of anilines is 1. The molecule has 0 spiro atoms. The lowest BCUT2D eigenvalue weighted by atomic mass is 9.96. The lowest BCUT2D eigenvalue weighted by molar-refractivity contribution is -0.140. The first-order chi connectivity index (χ1) is 16.6. The highest BCUT2D eigenvalue weighted by Crippen LogP contribution is 2.34. The second-order valence-corrected chi connectivity index (χ2v) is 10.3. The van der Waals surface area contributed by atoms with E-state index in [9.17, 15) is 18.8 Å². The van der Waals surface area contributed by atoms with E-state index in [1.807, 2.05) is 32.9 Å². The highest BCUT2D eigenvalue weighted by atomic mass is 32.2. The number of rotatable bonds is 5. The van der Waals surface area contributed by atoms with Crippen LogP contribution in [-0.4, -0.2) is 59.0 Å². The molecule has 4 atom stereocenters. The van der Waals surface area contributed by atoms with Crippen molar-refractivity contribution >= 4 is 35.3 Å². The summed E-state index contributed by atoms with van der Waals surface area (Å²) >= 11 is 1.31. The van der Waals surface area contributed by atoms with Crippen molar-refractivity contribution in [3.8, 4) is 0 Å². The van der Waals surface area contributed by atoms with Gasteiger partial charge in [-0.25, -0.2) is 9.18 Å². The molecule has 0 saturated carbocycles. The number of amides is 4. The van der Waals surface area contributed by atoms with Crippen molar-refractivity contribution in [2.24, 2.45) is 5.92 Å². The van der Waals surface area contributed by atoms with Gasteiger partial charge in [-0.15, -0.1) is 11.8 Å². The van der Waals surface area contributed by atoms with Crippen LogP contribution >= 0.6 is 11.8 Å². The maximum Gasteiger partial charge on any atom is 0.327 e. The molecule has 2 aliphatic heterocycles. The van der Waals surface area contributed by atoms with Crippen LogP contribution in [0.4, 0.5) is 14.9 Å². The van der Waals surface area contributed by atoms with E-state index in [4.69, 9.17) is 0 Å². The van der Waals surface area contributed by atoms with E-state index < -0.39 is 29.7 Å². The Bertz CT molecular complexity index is 1140. The van der Waals surface area contributed by atoms with Crippen LogP contribution in [0.2, 0.25) is 0 Å². The van der Waals surface area contributed by atoms with Gasteiger partial charge in [-0.2, -0.15) is 0 Å². The zero-order chi connectivity index (χ0) is 25.4. The van der Waals surface area contributed by atoms with Crippen molar-refractivity contribution < 1.29 is 18.8 Å². The number of benzene rings is 2. The molecule has 4 amide bonds. The van der Waals surface area contributed by atoms with Gasteiger partial charge in [0.2, 0.25) is 11.8 Å². The third kappa shape index (κ3) is 5.05. The summed E-state index contributed by atoms with van der Waals surface area (Å²) in [6.45, 7) is 5.93. The predicted octanol–water partition coefficient (Wildman–Crippen LogP) is 3.11. The standard InChI is InChI=1S/C25H30FN5O3S/c1-13-10-14(2)20(15(3)11-13)27-18(32)12-35-23-19-22(30(4)25(34)31(5)24(19)33)28-21(29-23)16-6-8-17(26)9-7-16/h6-11,19,21-23,28-29H,12H2,1-5H3,(H,27,32). The Morgan fingerprint density at radius 1 is 1.06 bits per heavy atom. The number of halogens is 1. The van der Waals surface area contributed by atoms with Gasteiger partial charge in [0.1, 0.15) is 5.82 Å². The van der Waals surface area contributed by atoms with Gasteiger partial charge >= 0.3 is 6.03 Å². The first-order valence-electron chi connectivity index (χ1n) is 11.4. The number of nitrogens with zero attached hydrogens (tertiary/aromatic N) is 2. The summed E-state index contributed by atoms with van der Waals surface area (Å²) in [6, 6.07) is 9.65. The van der Waals surface area contributed by atoms with Gasteiger partial charge in [0.15, 0.2) is 0 Å². The van der Waals surface area contributed by atoms with Gasteiger partial charge in [-0.3, -0.25) is 25.1 Å². The molecular weight excluding hydrogens is 469 g/mol. The molecule has 4 unspecified atom stereocenters. The number of carbonyl (C=O) groups excluding carboxylic acids is 3. The number of urea groups is 1. The summed E-state index contributed by atoms with van der Waals surface area (Å²) in [5.41, 5.74) is 4.66. The minimum absolute atomic E-state index is 0.110. The summed E-state index contributed by atoms with van der Waals surface area (Å²) < 4.78 is 13.5. The zero-order valence-electron chi connectivity index (χ0n) is 20.4. The molecule has 0 aromatic heterocycles. The molecule has 4 rings (SSSR count). The minimum atomic E-state index is -0.611. The number of hydrogen-bond donors (Lipinski definition) is 3. The fraction of sp³-hybridized carbons (Fsp3) is 0.400. The van der Waals surface area contributed by atoms with Crippen LogP contribution in [-0.2, 0) is 9.59 Å². The number of aryl methyl sites for hydroxylation is 3. The monoisotopic (exact) mass is 499 g/mol. The van der Waals surface area contributed by atoms with Crippen LogP contribution < -0.4 is 16.0 Å². The molecule has 8 nitrogen and oxygen atoms in total. The molecule has 0 bridgehead atoms. The van der Waals surface area contributed by atoms with Crippen molar-refractivity contribution in [2.45, 2.75) is 38.5 Å². The van der Waals surface area contributed by atoms with Crippen LogP contribution in [0.3, 0.4) is 0 Å². The smallest absolute Gasteiger partial charge is 0.325 e. The molecule has 2 heterocycles. The van der Waals surface area contributed by atoms with Crippen LogP contribution in [0.1, 0.15) is 28.4 Å². The van der Waals surface area contributed by atoms with Gasteiger partial charge in [0.25, 0.3) is 0 Å². The van der Waals surface area contributed by atoms with Crippen molar-refractivity contribution in [3.05, 3.63) is 64.5 Å². The molecule has 2 fully saturated rings. The summed E-state index contributed by atoms with van der Waals surface area (Å²) in [6.07, 6.45) is -1.02. The molecule has 2 aliphatic rings. The predicted molar refractivity (Wildman–Crippen MR) is 134 cm³/mol. The Kier molecular flexibility index (Phi) is 7.16. The summed E-state index contributed by atoms with van der Waals surface area (Å²) in [5.74, 6) is -1.35. The Balaban J connectivity index is 1.54. The Hall–Kier alpha value is -2.95. The van der Waals surface area contributed by atoms with Crippen LogP contribution in [0.5, 0.6) is 0 Å². The fourth-order valence-corrected chi connectivity index (χ4v) is 5.87. The van der Waals surface area contributed by atoms with Gasteiger partial charge in [0, 0.05) is 19.8 Å². The van der Waals surface area contributed by atoms with E-state index in [1.54, 1.807) is 19.2 Å². The van der Waals surface area contributed by atoms with E-state index >= 15 is 0 Å². The number of thioether (sulfide) groups is 1. The van der Waals surface area contributed by atoms with Gasteiger partial charge in [0.05, 0.1) is 29.4 Å². The maximum atomic E-state index is 13.5. The lowest BCUT2D eigenvalue weighted by Crippen LogP contribution is -2.72. The van der Waals surface area contributed by atoms with Crippen molar-refractivity contribution in [2.75, 3.05) is 25.2 Å². The number of nitrogens with one attached hydrogen (secondary N) is 3. The van der Waals surface area contributed by atoms with Crippen LogP contribution in [0.25, 0.3) is 0 Å². The first kappa shape index (κ1) is 25.2. The van der Waals surface area contributed by atoms with Crippen LogP contribution in [0.15, 0.2) is 36.4 Å². The molecule has 0 aliphatic carbocycles. The lowest BCUT2D eigenvalue weighted by Gasteiger charge is -2.50. The van der Waals surface area contributed by atoms with E-state index in [0.29, 0.717) is 0 Å². The number of fused-ring (bicyclic) bond motifs is 1. The molecule has 35 heavy (non-hydrogen) atoms. The molecule has 10 heteroatoms. The molecule has 2 saturated heterocycles. The second-order valence-electron chi connectivity index (χ2n) is 9.13. The molecule has 3 N–H and O–H groups in total. The quantitative estimate of drug-likeness (QED) is 0.586. The Morgan fingerprint density at radius 3 is 2.31 bits per heavy atom. The average molecular weight is 500 g/mol. The average Bonchev–Trinajstić information content (AvgIpc) is 2.82. The van der Waals surface area contributed by atoms with Crippen molar-refractivity contribution in [3.63, 3.8) is 0 Å². The molecule has 2 aromatic carbocycles. The van der Waals surface area contributed by atoms with Crippen molar-refractivity contribution in [1.82, 2.24) is 20.4 Å². The summed E-state index contributed by atoms with van der Waals surface area (Å²) in [5, 5.41) is 9.23. The highest BCUT2D eigenvalue weighted by Gasteiger charge is 2.51. The Labute approximate surface area is 208 Å². The normalized spacial score (nSPS) is 24.4. The summed E-state index contributed by atoms with van der Waals surface area (Å²) in [4.78, 5) is 41.2. The topological polar surface area (TPSA) is 93.8 Å². The number of hydrogen-bond acceptors (Lipinski definition) is 6. The summed E-state index contributed by atoms with van der Waals surface area (Å²) in [7, 11) is 3.10. The third-order valence-corrected chi connectivity index (χ3v) is 7.71. The first-order valence-corrected chi connectivity index (χ1v) is 12.4. The number of imide groups is 1. The SMILES string of the molecule is Cc1cc(C)c(NC(=O)CSC2NC(c3ccc(F)cc3)NC3C2C(=O)N(C)C(=O)N3C)c(C)c1. The van der Waals surface area contributed by atoms with E-state index in [1.165, 1.54) is 35.8 Å². The maximum absolute atomic E-state index is 13.5. The minimum Gasteiger partial charge on any atom is -0.325 e. The van der Waals surface area contributed by atoms with Gasteiger partial charge in [-0.1, -0.05) is 29.8 Å². The molecule has 186 valence electrons. The third-order valence-electron chi connectivity index (χ3n) is 6.50. The van der Waals surface area contributed by atoms with E-state index in [0.717, 1.165) is 32.8 Å². The van der Waals surface area contributed by atoms with Gasteiger partial charge in [-0.05, 0) is 49.6 Å². The second kappa shape index (κ2) is 9.96. The highest BCUT2D eigenvalue weighted by molar-refractivity contribution is 8.00. The van der Waals surface area contributed by atoms with Crippen LogP contribution in [0, 0.1) is 32.5 Å². The van der Waals surface area contributed by atoms with Crippen molar-refractivity contribution in [1.29, 1.82) is 0 Å². The largest absolute Gasteiger partial charge is 0.327 e. The zero-order valence-corrected chi connectivity index (χ0v) is 21.2. The number of carbonyl (C=O) groups is 3. The van der Waals surface area contributed by atoms with Gasteiger partial charge < -0.3 is 10.2 Å². The Morgan fingerprint density at radius 2 is 1.69 bits per heavy atom. The molecular formula is C25H30FN5O3S. The molecule has 0 radical (unpaired) electrons. The molecule has 2 aromatic rings.